The number of hydrogen-bond donors (Lipinski definition) is 0. The maximum atomic E-state index is 6.00. The molecule has 1 heterocycles. The number of imidazole rings is 1. The zero-order chi connectivity index (χ0) is 14.6. The Kier molecular flexibility index (Phi) is 8.16. The third-order valence-corrected chi connectivity index (χ3v) is 2.44. The van der Waals surface area contributed by atoms with Crippen molar-refractivity contribution in [1.82, 2.24) is 9.55 Å². The van der Waals surface area contributed by atoms with Gasteiger partial charge in [-0.25, -0.2) is 0 Å². The topological polar surface area (TPSA) is 45.5 Å². The molecule has 1 aromatic rings. The molecule has 0 bridgehead atoms. The summed E-state index contributed by atoms with van der Waals surface area (Å²) in [6.07, 6.45) is 3.56. The normalized spacial score (nSPS) is 12.3. The number of aromatic nitrogens is 2. The summed E-state index contributed by atoms with van der Waals surface area (Å²) in [5.41, 5.74) is 0.693. The van der Waals surface area contributed by atoms with E-state index >= 15 is 0 Å². The van der Waals surface area contributed by atoms with Crippen LogP contribution >= 0.6 is 0 Å². The van der Waals surface area contributed by atoms with Crippen molar-refractivity contribution in [2.75, 3.05) is 0 Å². The molecule has 0 saturated carbocycles. The van der Waals surface area contributed by atoms with Crippen molar-refractivity contribution in [1.29, 1.82) is 0 Å². The summed E-state index contributed by atoms with van der Waals surface area (Å²) < 4.78 is 19.9. The Morgan fingerprint density at radius 2 is 1.35 bits per heavy atom. The molecule has 7 heteroatoms. The Hall–Kier alpha value is -0.248. The molecule has 0 radical (unpaired) electrons. The van der Waals surface area contributed by atoms with E-state index in [1.165, 1.54) is 0 Å². The quantitative estimate of drug-likeness (QED) is 0.590. The van der Waals surface area contributed by atoms with Gasteiger partial charge in [0.25, 0.3) is 0 Å². The van der Waals surface area contributed by atoms with Gasteiger partial charge in [-0.1, -0.05) is 0 Å². The van der Waals surface area contributed by atoms with Crippen LogP contribution in [0.3, 0.4) is 0 Å². The third-order valence-electron chi connectivity index (χ3n) is 2.44. The van der Waals surface area contributed by atoms with Crippen LogP contribution in [0.15, 0.2) is 12.5 Å². The third kappa shape index (κ3) is 5.63. The molecule has 0 aliphatic heterocycles. The monoisotopic (exact) mass is 276 g/mol. The van der Waals surface area contributed by atoms with Gasteiger partial charge in [0.05, 0.1) is 6.33 Å². The molecule has 0 atom stereocenters. The second kappa shape index (κ2) is 8.26. The average molecular weight is 276 g/mol. The van der Waals surface area contributed by atoms with Crippen LogP contribution in [0.5, 0.6) is 0 Å². The molecule has 5 nitrogen and oxygen atoms in total. The van der Waals surface area contributed by atoms with Gasteiger partial charge in [-0.3, -0.25) is 4.98 Å². The molecule has 110 valence electrons. The molecule has 0 aliphatic carbocycles. The summed E-state index contributed by atoms with van der Waals surface area (Å²) in [7, 11) is 1.91. The second-order valence-corrected chi connectivity index (χ2v) is 5.66. The van der Waals surface area contributed by atoms with E-state index in [-0.39, 0.29) is 37.2 Å². The molecule has 0 spiro atoms. The van der Waals surface area contributed by atoms with Gasteiger partial charge in [-0.15, -0.1) is 0 Å². The fraction of sp³-hybridized carbons (Fsp3) is 0.769. The number of nitrogens with zero attached hydrogens (tertiary/aromatic N) is 2. The minimum Gasteiger partial charge on any atom is -0.538 e. The Balaban J connectivity index is 0.00000361. The van der Waals surface area contributed by atoms with Crippen molar-refractivity contribution >= 4 is 12.3 Å². The minimum atomic E-state index is -2.03. The number of hydrogen-bond acceptors (Lipinski definition) is 4. The van der Waals surface area contributed by atoms with Crippen molar-refractivity contribution in [3.05, 3.63) is 12.5 Å². The summed E-state index contributed by atoms with van der Waals surface area (Å²) >= 11 is 0. The molecule has 1 aromatic heterocycles. The van der Waals surface area contributed by atoms with Crippen LogP contribution in [0.1, 0.15) is 41.5 Å². The van der Waals surface area contributed by atoms with Gasteiger partial charge in [-0.2, -0.15) is 0 Å². The maximum absolute atomic E-state index is 6.00. The molecule has 0 saturated heterocycles. The Morgan fingerprint density at radius 3 is 1.60 bits per heavy atom. The summed E-state index contributed by atoms with van der Waals surface area (Å²) in [5, 5.41) is 0. The zero-order valence-corrected chi connectivity index (χ0v) is 14.1. The fourth-order valence-corrected chi connectivity index (χ4v) is 2.00. The molecule has 0 aliphatic rings. The van der Waals surface area contributed by atoms with E-state index < -0.39 is 6.75 Å². The zero-order valence-electron chi connectivity index (χ0n) is 14.1. The molecule has 20 heavy (non-hydrogen) atoms. The Bertz CT molecular complexity index is 370. The average Bonchev–Trinajstić information content (AvgIpc) is 2.61. The standard InChI is InChI=1S/C13H26BN2O3.Li/c1-10(2)17-14(18-11(3)4,19-12(5)6)13-8-16(7)9-15-13;/h8-12H,1-7H3;/q-1;+1. The predicted octanol–water partition coefficient (Wildman–Crippen LogP) is -1.15. The van der Waals surface area contributed by atoms with Crippen LogP contribution in [0.25, 0.3) is 0 Å². The maximum Gasteiger partial charge on any atom is 1.00 e. The molecule has 1 rings (SSSR count). The first kappa shape index (κ1) is 19.8. The molecule has 0 N–H and O–H groups in total. The van der Waals surface area contributed by atoms with Crippen molar-refractivity contribution in [3.8, 4) is 0 Å². The second-order valence-electron chi connectivity index (χ2n) is 5.66. The Morgan fingerprint density at radius 1 is 0.950 bits per heavy atom. The van der Waals surface area contributed by atoms with E-state index in [1.54, 1.807) is 6.33 Å². The molecular weight excluding hydrogens is 250 g/mol. The van der Waals surface area contributed by atoms with Crippen molar-refractivity contribution in [3.63, 3.8) is 0 Å². The van der Waals surface area contributed by atoms with Gasteiger partial charge < -0.3 is 18.5 Å². The van der Waals surface area contributed by atoms with Crippen LogP contribution in [0.2, 0.25) is 0 Å². The smallest absolute Gasteiger partial charge is 0.538 e. The molecule has 0 aromatic carbocycles. The summed E-state index contributed by atoms with van der Waals surface area (Å²) in [6, 6.07) is 0. The van der Waals surface area contributed by atoms with E-state index in [1.807, 2.05) is 59.4 Å². The first-order valence-corrected chi connectivity index (χ1v) is 6.90. The van der Waals surface area contributed by atoms with E-state index in [0.717, 1.165) is 0 Å². The van der Waals surface area contributed by atoms with Gasteiger partial charge in [0.2, 0.25) is 0 Å². The first-order valence-electron chi connectivity index (χ1n) is 6.90. The van der Waals surface area contributed by atoms with Gasteiger partial charge >= 0.3 is 25.6 Å². The van der Waals surface area contributed by atoms with Gasteiger partial charge in [0.1, 0.15) is 0 Å². The summed E-state index contributed by atoms with van der Waals surface area (Å²) in [5.74, 6) is 0. The number of rotatable bonds is 7. The van der Waals surface area contributed by atoms with E-state index in [0.29, 0.717) is 5.59 Å². The van der Waals surface area contributed by atoms with E-state index in [9.17, 15) is 0 Å². The molecular formula is C13H26BLiN2O3. The van der Waals surface area contributed by atoms with Crippen LogP contribution in [-0.4, -0.2) is 34.6 Å². The first-order chi connectivity index (χ1) is 8.75. The van der Waals surface area contributed by atoms with Gasteiger partial charge in [0.15, 0.2) is 0 Å². The molecule has 0 fully saturated rings. The van der Waals surface area contributed by atoms with Crippen LogP contribution in [-0.2, 0) is 21.0 Å². The number of aryl methyl sites for hydroxylation is 1. The van der Waals surface area contributed by atoms with Crippen LogP contribution < -0.4 is 24.5 Å². The predicted molar refractivity (Wildman–Crippen MR) is 77.3 cm³/mol. The molecule has 0 amide bonds. The Labute approximate surface area is 134 Å². The van der Waals surface area contributed by atoms with Gasteiger partial charge in [0, 0.05) is 25.4 Å². The fourth-order valence-electron chi connectivity index (χ4n) is 2.00. The van der Waals surface area contributed by atoms with Crippen molar-refractivity contribution < 1.29 is 32.8 Å². The van der Waals surface area contributed by atoms with E-state index in [2.05, 4.69) is 4.98 Å². The van der Waals surface area contributed by atoms with Gasteiger partial charge in [-0.05, 0) is 53.3 Å². The minimum absolute atomic E-state index is 0. The van der Waals surface area contributed by atoms with E-state index in [4.69, 9.17) is 14.0 Å². The summed E-state index contributed by atoms with van der Waals surface area (Å²) in [6.45, 7) is 9.76. The largest absolute Gasteiger partial charge is 1.00 e. The summed E-state index contributed by atoms with van der Waals surface area (Å²) in [4.78, 5) is 4.36. The van der Waals surface area contributed by atoms with Crippen LogP contribution in [0, 0.1) is 0 Å². The van der Waals surface area contributed by atoms with Crippen molar-refractivity contribution in [2.24, 2.45) is 7.05 Å². The molecule has 0 unspecified atom stereocenters. The SMILES string of the molecule is CC(C)O[B-](OC(C)C)(OC(C)C)c1cn(C)cn1.[Li+]. The van der Waals surface area contributed by atoms with Crippen LogP contribution in [0.4, 0.5) is 0 Å². The van der Waals surface area contributed by atoms with Crippen molar-refractivity contribution in [2.45, 2.75) is 59.9 Å².